The predicted molar refractivity (Wildman–Crippen MR) is 87.6 cm³/mol. The molecule has 0 spiro atoms. The summed E-state index contributed by atoms with van der Waals surface area (Å²) >= 11 is 0. The van der Waals surface area contributed by atoms with Gasteiger partial charge >= 0.3 is 0 Å². The number of unbranched alkanes of at least 4 members (excludes halogenated alkanes) is 1. The van der Waals surface area contributed by atoms with Crippen LogP contribution in [0.3, 0.4) is 0 Å². The van der Waals surface area contributed by atoms with Gasteiger partial charge in [-0.2, -0.15) is 10.4 Å². The van der Waals surface area contributed by atoms with Crippen molar-refractivity contribution in [3.8, 4) is 17.3 Å². The van der Waals surface area contributed by atoms with Crippen molar-refractivity contribution in [2.45, 2.75) is 46.6 Å². The zero-order chi connectivity index (χ0) is 16.1. The van der Waals surface area contributed by atoms with Crippen LogP contribution >= 0.6 is 0 Å². The van der Waals surface area contributed by atoms with Crippen molar-refractivity contribution in [2.24, 2.45) is 0 Å². The Bertz CT molecular complexity index is 769. The summed E-state index contributed by atoms with van der Waals surface area (Å²) in [5.41, 5.74) is 4.41. The van der Waals surface area contributed by atoms with Crippen molar-refractivity contribution in [3.63, 3.8) is 0 Å². The highest BCUT2D eigenvalue weighted by Crippen LogP contribution is 2.22. The fraction of sp³-hybridized carbons (Fsp3) is 0.389. The molecule has 0 aliphatic carbocycles. The van der Waals surface area contributed by atoms with Crippen molar-refractivity contribution >= 4 is 0 Å². The van der Waals surface area contributed by atoms with Gasteiger partial charge in [-0.15, -0.1) is 0 Å². The van der Waals surface area contributed by atoms with Crippen molar-refractivity contribution in [1.29, 1.82) is 5.26 Å². The van der Waals surface area contributed by atoms with Gasteiger partial charge in [-0.1, -0.05) is 31.0 Å². The molecule has 0 unspecified atom stereocenters. The van der Waals surface area contributed by atoms with Crippen molar-refractivity contribution < 1.29 is 0 Å². The molecule has 0 bridgehead atoms. The highest BCUT2D eigenvalue weighted by atomic mass is 16.1. The smallest absolute Gasteiger partial charge is 0.267 e. The van der Waals surface area contributed by atoms with Crippen LogP contribution in [-0.2, 0) is 13.0 Å². The van der Waals surface area contributed by atoms with E-state index in [0.717, 1.165) is 35.2 Å². The van der Waals surface area contributed by atoms with Crippen LogP contribution in [0.2, 0.25) is 0 Å². The number of nitriles is 1. The minimum atomic E-state index is -0.149. The van der Waals surface area contributed by atoms with Gasteiger partial charge in [0, 0.05) is 17.7 Å². The van der Waals surface area contributed by atoms with Crippen molar-refractivity contribution in [2.75, 3.05) is 0 Å². The summed E-state index contributed by atoms with van der Waals surface area (Å²) in [6.07, 6.45) is 2.01. The molecule has 0 aliphatic heterocycles. The average molecular weight is 295 g/mol. The highest BCUT2D eigenvalue weighted by Gasteiger charge is 2.11. The Morgan fingerprint density at radius 2 is 2.05 bits per heavy atom. The second-order valence-electron chi connectivity index (χ2n) is 5.59. The Morgan fingerprint density at radius 3 is 2.73 bits per heavy atom. The van der Waals surface area contributed by atoms with Gasteiger partial charge in [0.25, 0.3) is 5.56 Å². The topological polar surface area (TPSA) is 58.7 Å². The maximum atomic E-state index is 12.3. The standard InChI is InChI=1S/C18H21N3O/c1-4-5-10-21-18(22)15(8-9-19)12-17(20-21)16-11-13(2)6-7-14(16)3/h6-7,11-12H,4-5,8,10H2,1-3H3. The van der Waals surface area contributed by atoms with Crippen LogP contribution in [0.1, 0.15) is 36.5 Å². The van der Waals surface area contributed by atoms with E-state index in [0.29, 0.717) is 12.1 Å². The van der Waals surface area contributed by atoms with Gasteiger partial charge in [-0.25, -0.2) is 4.68 Å². The van der Waals surface area contributed by atoms with E-state index in [-0.39, 0.29) is 12.0 Å². The van der Waals surface area contributed by atoms with Gasteiger partial charge in [0.2, 0.25) is 0 Å². The Labute approximate surface area is 131 Å². The van der Waals surface area contributed by atoms with Gasteiger partial charge in [-0.3, -0.25) is 4.79 Å². The molecule has 0 atom stereocenters. The summed E-state index contributed by atoms with van der Waals surface area (Å²) in [6.45, 7) is 6.73. The quantitative estimate of drug-likeness (QED) is 0.849. The molecule has 4 heteroatoms. The first kappa shape index (κ1) is 16.0. The average Bonchev–Trinajstić information content (AvgIpc) is 2.50. The molecule has 0 saturated carbocycles. The molecule has 1 aromatic carbocycles. The van der Waals surface area contributed by atoms with Crippen molar-refractivity contribution in [1.82, 2.24) is 9.78 Å². The van der Waals surface area contributed by atoms with Crippen LogP contribution < -0.4 is 5.56 Å². The monoisotopic (exact) mass is 295 g/mol. The Balaban J connectivity index is 2.60. The molecule has 0 radical (unpaired) electrons. The minimum Gasteiger partial charge on any atom is -0.267 e. The number of aromatic nitrogens is 2. The molecule has 2 rings (SSSR count). The number of benzene rings is 1. The third kappa shape index (κ3) is 3.43. The first-order valence-corrected chi connectivity index (χ1v) is 7.62. The molecule has 0 amide bonds. The third-order valence-electron chi connectivity index (χ3n) is 3.71. The first-order chi connectivity index (χ1) is 10.6. The summed E-state index contributed by atoms with van der Waals surface area (Å²) in [7, 11) is 0. The Hall–Kier alpha value is -2.41. The molecular formula is C18H21N3O. The lowest BCUT2D eigenvalue weighted by Gasteiger charge is -2.11. The van der Waals surface area contributed by atoms with E-state index in [2.05, 4.69) is 36.3 Å². The summed E-state index contributed by atoms with van der Waals surface area (Å²) < 4.78 is 1.51. The SMILES string of the molecule is CCCCn1nc(-c2cc(C)ccc2C)cc(CC#N)c1=O. The third-order valence-corrected chi connectivity index (χ3v) is 3.71. The van der Waals surface area contributed by atoms with Crippen LogP contribution in [0.4, 0.5) is 0 Å². The molecular weight excluding hydrogens is 274 g/mol. The normalized spacial score (nSPS) is 10.5. The lowest BCUT2D eigenvalue weighted by Crippen LogP contribution is -2.26. The molecule has 1 heterocycles. The second-order valence-corrected chi connectivity index (χ2v) is 5.59. The molecule has 114 valence electrons. The second kappa shape index (κ2) is 7.04. The molecule has 2 aromatic rings. The van der Waals surface area contributed by atoms with Gasteiger partial charge in [-0.05, 0) is 38.0 Å². The van der Waals surface area contributed by atoms with Gasteiger partial charge in [0.1, 0.15) is 0 Å². The number of nitrogens with zero attached hydrogens (tertiary/aromatic N) is 3. The van der Waals surface area contributed by atoms with E-state index in [1.165, 1.54) is 4.68 Å². The lowest BCUT2D eigenvalue weighted by atomic mass is 10.0. The van der Waals surface area contributed by atoms with E-state index in [9.17, 15) is 4.79 Å². The Kier molecular flexibility index (Phi) is 5.11. The largest absolute Gasteiger partial charge is 0.271 e. The summed E-state index contributed by atoms with van der Waals surface area (Å²) in [6, 6.07) is 10.0. The van der Waals surface area contributed by atoms with E-state index >= 15 is 0 Å². The van der Waals surface area contributed by atoms with Gasteiger partial charge in [0.05, 0.1) is 18.2 Å². The fourth-order valence-corrected chi connectivity index (χ4v) is 2.41. The highest BCUT2D eigenvalue weighted by molar-refractivity contribution is 5.64. The van der Waals surface area contributed by atoms with Crippen LogP contribution in [0, 0.1) is 25.2 Å². The number of hydrogen-bond donors (Lipinski definition) is 0. The molecule has 0 aliphatic rings. The van der Waals surface area contributed by atoms with Crippen LogP contribution in [0.5, 0.6) is 0 Å². The van der Waals surface area contributed by atoms with Crippen LogP contribution in [0.15, 0.2) is 29.1 Å². The number of rotatable bonds is 5. The maximum absolute atomic E-state index is 12.3. The molecule has 22 heavy (non-hydrogen) atoms. The van der Waals surface area contributed by atoms with E-state index in [1.807, 2.05) is 13.8 Å². The summed E-state index contributed by atoms with van der Waals surface area (Å²) in [5.74, 6) is 0. The van der Waals surface area contributed by atoms with Gasteiger partial charge < -0.3 is 0 Å². The van der Waals surface area contributed by atoms with Crippen LogP contribution in [-0.4, -0.2) is 9.78 Å². The van der Waals surface area contributed by atoms with Gasteiger partial charge in [0.15, 0.2) is 0 Å². The van der Waals surface area contributed by atoms with E-state index in [1.54, 1.807) is 6.07 Å². The molecule has 1 aromatic heterocycles. The first-order valence-electron chi connectivity index (χ1n) is 7.62. The summed E-state index contributed by atoms with van der Waals surface area (Å²) in [5, 5.41) is 13.5. The lowest BCUT2D eigenvalue weighted by molar-refractivity contribution is 0.541. The number of aryl methyl sites for hydroxylation is 3. The molecule has 0 N–H and O–H groups in total. The van der Waals surface area contributed by atoms with E-state index < -0.39 is 0 Å². The Morgan fingerprint density at radius 1 is 1.27 bits per heavy atom. The molecule has 4 nitrogen and oxygen atoms in total. The van der Waals surface area contributed by atoms with Crippen molar-refractivity contribution in [3.05, 3.63) is 51.3 Å². The maximum Gasteiger partial charge on any atom is 0.271 e. The fourth-order valence-electron chi connectivity index (χ4n) is 2.41. The molecule has 0 saturated heterocycles. The molecule has 0 fully saturated rings. The minimum absolute atomic E-state index is 0.116. The zero-order valence-electron chi connectivity index (χ0n) is 13.4. The predicted octanol–water partition coefficient (Wildman–Crippen LogP) is 3.39. The summed E-state index contributed by atoms with van der Waals surface area (Å²) in [4.78, 5) is 12.3. The van der Waals surface area contributed by atoms with Crippen LogP contribution in [0.25, 0.3) is 11.3 Å². The van der Waals surface area contributed by atoms with E-state index in [4.69, 9.17) is 5.26 Å². The number of hydrogen-bond acceptors (Lipinski definition) is 3. The zero-order valence-corrected chi connectivity index (χ0v) is 13.4.